The lowest BCUT2D eigenvalue weighted by atomic mass is 10.0. The first-order valence-electron chi connectivity index (χ1n) is 5.16. The molecule has 0 radical (unpaired) electrons. The van der Waals surface area contributed by atoms with Gasteiger partial charge >= 0.3 is 0 Å². The molecule has 0 heterocycles. The van der Waals surface area contributed by atoms with Crippen molar-refractivity contribution in [3.63, 3.8) is 0 Å². The van der Waals surface area contributed by atoms with Crippen LogP contribution in [0, 0.1) is 0 Å². The normalized spacial score (nSPS) is 30.5. The van der Waals surface area contributed by atoms with E-state index in [1.165, 1.54) is 38.5 Å². The van der Waals surface area contributed by atoms with Crippen molar-refractivity contribution in [2.75, 3.05) is 6.54 Å². The summed E-state index contributed by atoms with van der Waals surface area (Å²) in [5, 5.41) is 3.64. The van der Waals surface area contributed by atoms with Gasteiger partial charge in [-0.1, -0.05) is 12.8 Å². The second-order valence-corrected chi connectivity index (χ2v) is 4.98. The minimum absolute atomic E-state index is 0.172. The molecule has 2 aliphatic rings. The highest BCUT2D eigenvalue weighted by Crippen LogP contribution is 2.34. The average molecular weight is 168 g/mol. The first-order chi connectivity index (χ1) is 5.62. The van der Waals surface area contributed by atoms with E-state index in [0.29, 0.717) is 5.54 Å². The van der Waals surface area contributed by atoms with E-state index in [-0.39, 0.29) is 5.54 Å². The molecule has 0 aromatic heterocycles. The van der Waals surface area contributed by atoms with Crippen LogP contribution in [0.15, 0.2) is 0 Å². The average Bonchev–Trinajstić information content (AvgIpc) is 2.60. The van der Waals surface area contributed by atoms with Crippen LogP contribution in [0.3, 0.4) is 0 Å². The van der Waals surface area contributed by atoms with Crippen molar-refractivity contribution in [2.45, 2.75) is 56.5 Å². The van der Waals surface area contributed by atoms with E-state index in [1.54, 1.807) is 0 Å². The summed E-state index contributed by atoms with van der Waals surface area (Å²) < 4.78 is 0. The van der Waals surface area contributed by atoms with Gasteiger partial charge in [0.25, 0.3) is 0 Å². The molecule has 0 saturated heterocycles. The number of hydrogen-bond donors (Lipinski definition) is 2. The first kappa shape index (κ1) is 8.52. The molecule has 2 nitrogen and oxygen atoms in total. The second kappa shape index (κ2) is 2.71. The molecular formula is C10H20N2. The van der Waals surface area contributed by atoms with Crippen LogP contribution >= 0.6 is 0 Å². The summed E-state index contributed by atoms with van der Waals surface area (Å²) in [7, 11) is 0. The first-order valence-corrected chi connectivity index (χ1v) is 5.16. The van der Waals surface area contributed by atoms with Gasteiger partial charge in [0.15, 0.2) is 0 Å². The molecule has 2 aliphatic carbocycles. The predicted molar refractivity (Wildman–Crippen MR) is 51.0 cm³/mol. The van der Waals surface area contributed by atoms with Gasteiger partial charge < -0.3 is 11.1 Å². The maximum Gasteiger partial charge on any atom is 0.0282 e. The molecular weight excluding hydrogens is 148 g/mol. The van der Waals surface area contributed by atoms with Gasteiger partial charge in [-0.25, -0.2) is 0 Å². The van der Waals surface area contributed by atoms with Crippen LogP contribution in [0.5, 0.6) is 0 Å². The summed E-state index contributed by atoms with van der Waals surface area (Å²) in [4.78, 5) is 0. The predicted octanol–water partition coefficient (Wildman–Crippen LogP) is 1.40. The molecule has 2 rings (SSSR count). The van der Waals surface area contributed by atoms with E-state index in [2.05, 4.69) is 12.2 Å². The van der Waals surface area contributed by atoms with E-state index in [4.69, 9.17) is 5.73 Å². The molecule has 0 unspecified atom stereocenters. The van der Waals surface area contributed by atoms with Crippen molar-refractivity contribution >= 4 is 0 Å². The van der Waals surface area contributed by atoms with Crippen molar-refractivity contribution in [3.8, 4) is 0 Å². The monoisotopic (exact) mass is 168 g/mol. The van der Waals surface area contributed by atoms with Crippen LogP contribution in [0.2, 0.25) is 0 Å². The van der Waals surface area contributed by atoms with Crippen molar-refractivity contribution in [1.82, 2.24) is 5.32 Å². The van der Waals surface area contributed by atoms with Crippen LogP contribution < -0.4 is 11.1 Å². The summed E-state index contributed by atoms with van der Waals surface area (Å²) in [5.74, 6) is 0. The Morgan fingerprint density at radius 2 is 1.75 bits per heavy atom. The quantitative estimate of drug-likeness (QED) is 0.668. The molecule has 70 valence electrons. The van der Waals surface area contributed by atoms with Gasteiger partial charge in [0.05, 0.1) is 0 Å². The SMILES string of the molecule is CC1(NCC2(N)CC2)CCCC1. The molecule has 2 saturated carbocycles. The second-order valence-electron chi connectivity index (χ2n) is 4.98. The number of rotatable bonds is 3. The topological polar surface area (TPSA) is 38.0 Å². The standard InChI is InChI=1S/C10H20N2/c1-9(4-2-3-5-9)12-8-10(11)6-7-10/h12H,2-8,11H2,1H3. The van der Waals surface area contributed by atoms with E-state index in [1.807, 2.05) is 0 Å². The third-order valence-electron chi connectivity index (χ3n) is 3.47. The Bertz CT molecular complexity index is 167. The zero-order chi connectivity index (χ0) is 8.66. The summed E-state index contributed by atoms with van der Waals surface area (Å²) >= 11 is 0. The number of nitrogens with two attached hydrogens (primary N) is 1. The molecule has 0 aromatic carbocycles. The Morgan fingerprint density at radius 3 is 2.25 bits per heavy atom. The third-order valence-corrected chi connectivity index (χ3v) is 3.47. The molecule has 2 heteroatoms. The van der Waals surface area contributed by atoms with Gasteiger partial charge in [0.2, 0.25) is 0 Å². The minimum Gasteiger partial charge on any atom is -0.324 e. The van der Waals surface area contributed by atoms with E-state index in [9.17, 15) is 0 Å². The fourth-order valence-corrected chi connectivity index (χ4v) is 2.06. The highest BCUT2D eigenvalue weighted by Gasteiger charge is 2.40. The highest BCUT2D eigenvalue weighted by atomic mass is 15.0. The largest absolute Gasteiger partial charge is 0.324 e. The molecule has 0 aromatic rings. The summed E-state index contributed by atoms with van der Waals surface area (Å²) in [5.41, 5.74) is 6.60. The van der Waals surface area contributed by atoms with Gasteiger partial charge in [-0.05, 0) is 32.6 Å². The molecule has 0 atom stereocenters. The Hall–Kier alpha value is -0.0800. The maximum absolute atomic E-state index is 6.02. The molecule has 0 spiro atoms. The van der Waals surface area contributed by atoms with Crippen LogP contribution in [0.25, 0.3) is 0 Å². The zero-order valence-corrected chi connectivity index (χ0v) is 8.03. The third kappa shape index (κ3) is 1.80. The fraction of sp³-hybridized carbons (Fsp3) is 1.00. The minimum atomic E-state index is 0.172. The lowest BCUT2D eigenvalue weighted by molar-refractivity contribution is 0.348. The zero-order valence-electron chi connectivity index (χ0n) is 8.03. The molecule has 3 N–H and O–H groups in total. The summed E-state index contributed by atoms with van der Waals surface area (Å²) in [6, 6.07) is 0. The van der Waals surface area contributed by atoms with Crippen molar-refractivity contribution in [2.24, 2.45) is 5.73 Å². The highest BCUT2D eigenvalue weighted by molar-refractivity contribution is 5.02. The Kier molecular flexibility index (Phi) is 1.92. The van der Waals surface area contributed by atoms with Crippen LogP contribution in [0.4, 0.5) is 0 Å². The van der Waals surface area contributed by atoms with E-state index >= 15 is 0 Å². The Morgan fingerprint density at radius 1 is 1.17 bits per heavy atom. The lowest BCUT2D eigenvalue weighted by Gasteiger charge is -2.27. The molecule has 2 fully saturated rings. The molecule has 0 bridgehead atoms. The number of hydrogen-bond acceptors (Lipinski definition) is 2. The molecule has 0 aliphatic heterocycles. The van der Waals surface area contributed by atoms with Gasteiger partial charge in [0.1, 0.15) is 0 Å². The van der Waals surface area contributed by atoms with Crippen molar-refractivity contribution in [1.29, 1.82) is 0 Å². The summed E-state index contributed by atoms with van der Waals surface area (Å²) in [6.45, 7) is 3.37. The maximum atomic E-state index is 6.02. The Labute approximate surface area is 74.9 Å². The van der Waals surface area contributed by atoms with Crippen molar-refractivity contribution < 1.29 is 0 Å². The van der Waals surface area contributed by atoms with E-state index in [0.717, 1.165) is 6.54 Å². The van der Waals surface area contributed by atoms with Gasteiger partial charge in [0, 0.05) is 17.6 Å². The Balaban J connectivity index is 1.78. The fourth-order valence-electron chi connectivity index (χ4n) is 2.06. The smallest absolute Gasteiger partial charge is 0.0282 e. The molecule has 0 amide bonds. The number of nitrogens with one attached hydrogen (secondary N) is 1. The summed E-state index contributed by atoms with van der Waals surface area (Å²) in [6.07, 6.45) is 7.89. The van der Waals surface area contributed by atoms with Crippen LogP contribution in [0.1, 0.15) is 45.4 Å². The van der Waals surface area contributed by atoms with Crippen LogP contribution in [-0.4, -0.2) is 17.6 Å². The molecule has 12 heavy (non-hydrogen) atoms. The van der Waals surface area contributed by atoms with Gasteiger partial charge in [-0.2, -0.15) is 0 Å². The van der Waals surface area contributed by atoms with Gasteiger partial charge in [-0.15, -0.1) is 0 Å². The van der Waals surface area contributed by atoms with Gasteiger partial charge in [-0.3, -0.25) is 0 Å². The van der Waals surface area contributed by atoms with Crippen LogP contribution in [-0.2, 0) is 0 Å². The van der Waals surface area contributed by atoms with E-state index < -0.39 is 0 Å². The lowest BCUT2D eigenvalue weighted by Crippen LogP contribution is -2.47. The van der Waals surface area contributed by atoms with Crippen molar-refractivity contribution in [3.05, 3.63) is 0 Å².